The summed E-state index contributed by atoms with van der Waals surface area (Å²) in [5.41, 5.74) is 1.50. The van der Waals surface area contributed by atoms with Crippen molar-refractivity contribution in [2.75, 3.05) is 0 Å². The highest BCUT2D eigenvalue weighted by molar-refractivity contribution is 6.38. The Kier molecular flexibility index (Phi) is 4.80. The van der Waals surface area contributed by atoms with Crippen LogP contribution in [0.15, 0.2) is 72.8 Å². The molecule has 0 spiro atoms. The molecule has 7 aromatic carbocycles. The third kappa shape index (κ3) is 3.25. The van der Waals surface area contributed by atoms with Gasteiger partial charge in [-0.2, -0.15) is 0 Å². The van der Waals surface area contributed by atoms with Crippen LogP contribution in [0, 0.1) is 34.9 Å². The standard InChI is InChI=1S/C34H12F6N4/c35-19-11-23(39)21(37)9-17(19)33-41-25-5-1-13-14-2-6-27-32-28(44-34(43-27)18-10-22(38)24(40)12-20(18)36)8-4-16(30(14)32)15-3-7-26(42-33)31(25)29(13)15/h1-12H. The Bertz CT molecular complexity index is 2390. The first kappa shape index (κ1) is 24.9. The van der Waals surface area contributed by atoms with Crippen LogP contribution in [0.2, 0.25) is 0 Å². The number of rotatable bonds is 2. The molecule has 0 unspecified atom stereocenters. The van der Waals surface area contributed by atoms with Gasteiger partial charge in [0.1, 0.15) is 11.6 Å². The van der Waals surface area contributed by atoms with Crippen LogP contribution >= 0.6 is 0 Å². The van der Waals surface area contributed by atoms with Gasteiger partial charge in [-0.1, -0.05) is 24.3 Å². The van der Waals surface area contributed by atoms with Crippen molar-refractivity contribution < 1.29 is 26.3 Å². The maximum Gasteiger partial charge on any atom is 0.163 e. The van der Waals surface area contributed by atoms with Gasteiger partial charge in [-0.05, 0) is 57.9 Å². The first-order chi connectivity index (χ1) is 21.3. The van der Waals surface area contributed by atoms with Gasteiger partial charge in [0.05, 0.1) is 33.2 Å². The van der Waals surface area contributed by atoms with Crippen molar-refractivity contribution in [3.63, 3.8) is 0 Å². The molecule has 0 radical (unpaired) electrons. The summed E-state index contributed by atoms with van der Waals surface area (Å²) >= 11 is 0. The normalized spacial score (nSPS) is 12.3. The minimum atomic E-state index is -1.30. The Morgan fingerprint density at radius 3 is 0.932 bits per heavy atom. The van der Waals surface area contributed by atoms with Crippen molar-refractivity contribution >= 4 is 65.2 Å². The zero-order valence-corrected chi connectivity index (χ0v) is 22.0. The second-order valence-corrected chi connectivity index (χ2v) is 10.6. The average Bonchev–Trinajstić information content (AvgIpc) is 3.02. The molecule has 2 aromatic heterocycles. The molecule has 0 atom stereocenters. The SMILES string of the molecule is Fc1cc(F)c(-c2nc3ccc4c5ccc6nc(-c7cc(F)c(F)cc7F)nc7ccc(c8ccc(n2)c3c48)c5c67)cc1F. The van der Waals surface area contributed by atoms with Crippen LogP contribution in [0.5, 0.6) is 0 Å². The molecule has 0 aliphatic rings. The van der Waals surface area contributed by atoms with E-state index in [0.29, 0.717) is 34.2 Å². The van der Waals surface area contributed by atoms with E-state index in [9.17, 15) is 26.3 Å². The number of hydrogen-bond donors (Lipinski definition) is 0. The summed E-state index contributed by atoms with van der Waals surface area (Å²) in [5, 5.41) is 6.71. The fourth-order valence-electron chi connectivity index (χ4n) is 6.32. The average molecular weight is 590 g/mol. The summed E-state index contributed by atoms with van der Waals surface area (Å²) in [6.45, 7) is 0. The highest BCUT2D eigenvalue weighted by atomic mass is 19.2. The fourth-order valence-corrected chi connectivity index (χ4v) is 6.32. The van der Waals surface area contributed by atoms with Crippen LogP contribution in [0.3, 0.4) is 0 Å². The van der Waals surface area contributed by atoms with Gasteiger partial charge in [-0.25, -0.2) is 46.3 Å². The Balaban J connectivity index is 1.33. The highest BCUT2D eigenvalue weighted by Crippen LogP contribution is 2.45. The zero-order valence-electron chi connectivity index (χ0n) is 22.0. The molecule has 44 heavy (non-hydrogen) atoms. The molecule has 210 valence electrons. The van der Waals surface area contributed by atoms with Crippen molar-refractivity contribution in [3.8, 4) is 22.8 Å². The summed E-state index contributed by atoms with van der Waals surface area (Å²) in [4.78, 5) is 18.1. The minimum Gasteiger partial charge on any atom is -0.228 e. The topological polar surface area (TPSA) is 51.6 Å². The van der Waals surface area contributed by atoms with E-state index in [-0.39, 0.29) is 22.8 Å². The number of hydrogen-bond acceptors (Lipinski definition) is 4. The Morgan fingerprint density at radius 1 is 0.318 bits per heavy atom. The number of benzene rings is 7. The van der Waals surface area contributed by atoms with Crippen LogP contribution in [-0.2, 0) is 0 Å². The zero-order chi connectivity index (χ0) is 30.0. The number of halogens is 6. The molecule has 0 fully saturated rings. The molecule has 0 amide bonds. The number of aromatic nitrogens is 4. The van der Waals surface area contributed by atoms with E-state index >= 15 is 0 Å². The lowest BCUT2D eigenvalue weighted by molar-refractivity contribution is 0.496. The van der Waals surface area contributed by atoms with Crippen molar-refractivity contribution in [3.05, 3.63) is 108 Å². The van der Waals surface area contributed by atoms with E-state index in [0.717, 1.165) is 55.2 Å². The third-order valence-corrected chi connectivity index (χ3v) is 8.22. The first-order valence-corrected chi connectivity index (χ1v) is 13.4. The van der Waals surface area contributed by atoms with Gasteiger partial charge in [-0.3, -0.25) is 0 Å². The molecule has 0 N–H and O–H groups in total. The minimum absolute atomic E-state index is 0.0700. The fraction of sp³-hybridized carbons (Fsp3) is 0. The molecule has 9 rings (SSSR count). The maximum absolute atomic E-state index is 14.6. The molecule has 0 saturated carbocycles. The predicted octanol–water partition coefficient (Wildman–Crippen LogP) is 9.23. The maximum atomic E-state index is 14.6. The molecular formula is C34H12F6N4. The monoisotopic (exact) mass is 590 g/mol. The third-order valence-electron chi connectivity index (χ3n) is 8.22. The van der Waals surface area contributed by atoms with E-state index in [4.69, 9.17) is 0 Å². The summed E-state index contributed by atoms with van der Waals surface area (Å²) in [5.74, 6) is -7.09. The highest BCUT2D eigenvalue weighted by Gasteiger charge is 2.22. The summed E-state index contributed by atoms with van der Waals surface area (Å²) in [6, 6.07) is 17.1. The molecule has 0 saturated heterocycles. The van der Waals surface area contributed by atoms with Crippen molar-refractivity contribution in [1.29, 1.82) is 0 Å². The van der Waals surface area contributed by atoms with Crippen molar-refractivity contribution in [1.82, 2.24) is 19.9 Å². The predicted molar refractivity (Wildman–Crippen MR) is 156 cm³/mol. The quantitative estimate of drug-likeness (QED) is 0.0872. The van der Waals surface area contributed by atoms with Crippen LogP contribution in [-0.4, -0.2) is 19.9 Å². The lowest BCUT2D eigenvalue weighted by Crippen LogP contribution is -1.99. The Hall–Kier alpha value is -5.64. The van der Waals surface area contributed by atoms with Gasteiger partial charge in [0.15, 0.2) is 34.9 Å². The summed E-state index contributed by atoms with van der Waals surface area (Å²) < 4.78 is 84.4. The van der Waals surface area contributed by atoms with Crippen molar-refractivity contribution in [2.45, 2.75) is 0 Å². The van der Waals surface area contributed by atoms with E-state index in [1.165, 1.54) is 0 Å². The first-order valence-electron chi connectivity index (χ1n) is 13.4. The second kappa shape index (κ2) is 8.47. The summed E-state index contributed by atoms with van der Waals surface area (Å²) in [7, 11) is 0. The molecule has 10 heteroatoms. The van der Waals surface area contributed by atoms with Gasteiger partial charge in [0, 0.05) is 33.7 Å². The summed E-state index contributed by atoms with van der Waals surface area (Å²) in [6.07, 6.45) is 0. The lowest BCUT2D eigenvalue weighted by atomic mass is 9.88. The van der Waals surface area contributed by atoms with Crippen LogP contribution in [0.1, 0.15) is 0 Å². The second-order valence-electron chi connectivity index (χ2n) is 10.6. The Labute approximate surface area is 241 Å². The van der Waals surface area contributed by atoms with Crippen LogP contribution in [0.25, 0.3) is 87.9 Å². The smallest absolute Gasteiger partial charge is 0.163 e. The van der Waals surface area contributed by atoms with Crippen LogP contribution < -0.4 is 0 Å². The number of nitrogens with zero attached hydrogens (tertiary/aromatic N) is 4. The van der Waals surface area contributed by atoms with E-state index in [1.807, 2.05) is 24.3 Å². The van der Waals surface area contributed by atoms with Gasteiger partial charge in [0.25, 0.3) is 0 Å². The van der Waals surface area contributed by atoms with E-state index < -0.39 is 34.9 Å². The number of fused-ring (bicyclic) bond motifs is 2. The van der Waals surface area contributed by atoms with Gasteiger partial charge < -0.3 is 0 Å². The molecule has 2 heterocycles. The van der Waals surface area contributed by atoms with E-state index in [2.05, 4.69) is 19.9 Å². The molecular weight excluding hydrogens is 578 g/mol. The van der Waals surface area contributed by atoms with E-state index in [1.54, 1.807) is 24.3 Å². The van der Waals surface area contributed by atoms with Gasteiger partial charge >= 0.3 is 0 Å². The lowest BCUT2D eigenvalue weighted by Gasteiger charge is -2.18. The van der Waals surface area contributed by atoms with Crippen molar-refractivity contribution in [2.24, 2.45) is 0 Å². The van der Waals surface area contributed by atoms with Gasteiger partial charge in [-0.15, -0.1) is 0 Å². The molecule has 9 aromatic rings. The molecule has 0 aliphatic heterocycles. The molecule has 0 bridgehead atoms. The van der Waals surface area contributed by atoms with Crippen LogP contribution in [0.4, 0.5) is 26.3 Å². The largest absolute Gasteiger partial charge is 0.228 e. The molecule has 4 nitrogen and oxygen atoms in total. The van der Waals surface area contributed by atoms with Gasteiger partial charge in [0.2, 0.25) is 0 Å². The Morgan fingerprint density at radius 2 is 0.614 bits per heavy atom. The molecule has 0 aliphatic carbocycles.